The summed E-state index contributed by atoms with van der Waals surface area (Å²) in [6.07, 6.45) is -4.85. The van der Waals surface area contributed by atoms with Crippen LogP contribution in [0.3, 0.4) is 0 Å². The van der Waals surface area contributed by atoms with Crippen molar-refractivity contribution in [3.8, 4) is 0 Å². The molecule has 0 aromatic heterocycles. The maximum absolute atomic E-state index is 12.6. The number of hydrogen-bond donors (Lipinski definition) is 2. The molecule has 2 unspecified atom stereocenters. The van der Waals surface area contributed by atoms with Crippen LogP contribution in [0, 0.1) is 5.92 Å². The number of nitrogens with zero attached hydrogens (tertiary/aromatic N) is 1. The second kappa shape index (κ2) is 4.17. The average molecular weight is 254 g/mol. The van der Waals surface area contributed by atoms with Crippen molar-refractivity contribution in [2.45, 2.75) is 25.6 Å². The summed E-state index contributed by atoms with van der Waals surface area (Å²) < 4.78 is 37.9. The highest BCUT2D eigenvalue weighted by Gasteiger charge is 2.64. The van der Waals surface area contributed by atoms with Crippen molar-refractivity contribution in [3.05, 3.63) is 0 Å². The molecular weight excluding hydrogens is 241 g/mol. The average Bonchev–Trinajstić information content (AvgIpc) is 2.42. The second-order valence-electron chi connectivity index (χ2n) is 4.26. The van der Waals surface area contributed by atoms with E-state index in [2.05, 4.69) is 0 Å². The number of rotatable bonds is 3. The number of imide groups is 1. The number of hydrogen-bond acceptors (Lipinski definition) is 3. The molecule has 0 saturated carbocycles. The lowest BCUT2D eigenvalue weighted by Crippen LogP contribution is -2.56. The maximum atomic E-state index is 12.6. The molecule has 2 atom stereocenters. The van der Waals surface area contributed by atoms with Crippen molar-refractivity contribution < 1.29 is 27.9 Å². The Bertz CT molecular complexity index is 345. The van der Waals surface area contributed by atoms with E-state index >= 15 is 0 Å². The maximum Gasteiger partial charge on any atom is 0.420 e. The summed E-state index contributed by atoms with van der Waals surface area (Å²) in [5, 5.41) is 10.4. The highest BCUT2D eigenvalue weighted by molar-refractivity contribution is 6.07. The van der Waals surface area contributed by atoms with Gasteiger partial charge in [-0.25, -0.2) is 4.79 Å². The van der Waals surface area contributed by atoms with Crippen LogP contribution in [0.1, 0.15) is 13.8 Å². The molecular formula is C9H13F3N2O3. The van der Waals surface area contributed by atoms with Gasteiger partial charge >= 0.3 is 12.2 Å². The van der Waals surface area contributed by atoms with Crippen LogP contribution >= 0.6 is 0 Å². The molecule has 8 heteroatoms. The lowest BCUT2D eigenvalue weighted by molar-refractivity contribution is -0.191. The smallest absolute Gasteiger partial charge is 0.396 e. The Hall–Kier alpha value is -1.31. The lowest BCUT2D eigenvalue weighted by Gasteiger charge is -2.24. The molecule has 1 saturated heterocycles. The Morgan fingerprint density at radius 3 is 2.35 bits per heavy atom. The van der Waals surface area contributed by atoms with E-state index in [-0.39, 0.29) is 13.2 Å². The summed E-state index contributed by atoms with van der Waals surface area (Å²) in [5.41, 5.74) is -2.88. The summed E-state index contributed by atoms with van der Waals surface area (Å²) >= 11 is 0. The highest BCUT2D eigenvalue weighted by Crippen LogP contribution is 2.35. The first-order chi connectivity index (χ1) is 7.63. The van der Waals surface area contributed by atoms with Gasteiger partial charge in [-0.3, -0.25) is 9.69 Å². The molecule has 1 fully saturated rings. The Labute approximate surface area is 95.6 Å². The number of urea groups is 1. The molecule has 0 bridgehead atoms. The standard InChI is InChI=1S/C9H13F3N2O3/c1-5(4-15)3-14-6(16)8(2,9(10,11)12)13-7(14)17/h5,15H,3-4H2,1-2H3,(H,13,17). The number of aliphatic hydroxyl groups excluding tert-OH is 1. The van der Waals surface area contributed by atoms with Crippen LogP contribution in [0.2, 0.25) is 0 Å². The van der Waals surface area contributed by atoms with Crippen LogP contribution in [0.15, 0.2) is 0 Å². The van der Waals surface area contributed by atoms with E-state index in [1.54, 1.807) is 5.32 Å². The number of halogens is 3. The fourth-order valence-corrected chi connectivity index (χ4v) is 1.42. The van der Waals surface area contributed by atoms with E-state index in [0.717, 1.165) is 0 Å². The van der Waals surface area contributed by atoms with Gasteiger partial charge in [-0.15, -0.1) is 0 Å². The summed E-state index contributed by atoms with van der Waals surface area (Å²) in [7, 11) is 0. The van der Waals surface area contributed by atoms with E-state index in [9.17, 15) is 22.8 Å². The fraction of sp³-hybridized carbons (Fsp3) is 0.778. The summed E-state index contributed by atoms with van der Waals surface area (Å²) in [4.78, 5) is 23.4. The first-order valence-corrected chi connectivity index (χ1v) is 4.95. The molecule has 0 aromatic rings. The minimum absolute atomic E-state index is 0.243. The van der Waals surface area contributed by atoms with Crippen molar-refractivity contribution in [3.63, 3.8) is 0 Å². The summed E-state index contributed by atoms with van der Waals surface area (Å²) in [6.45, 7) is 1.58. The molecule has 0 radical (unpaired) electrons. The molecule has 0 spiro atoms. The van der Waals surface area contributed by atoms with Crippen LogP contribution in [0.25, 0.3) is 0 Å². The topological polar surface area (TPSA) is 69.6 Å². The number of carbonyl (C=O) groups is 2. The van der Waals surface area contributed by atoms with Gasteiger partial charge in [-0.2, -0.15) is 13.2 Å². The van der Waals surface area contributed by atoms with Crippen LogP contribution in [-0.4, -0.2) is 46.8 Å². The van der Waals surface area contributed by atoms with E-state index < -0.39 is 29.6 Å². The van der Waals surface area contributed by atoms with Gasteiger partial charge in [0, 0.05) is 13.2 Å². The zero-order valence-corrected chi connectivity index (χ0v) is 9.34. The number of aliphatic hydroxyl groups is 1. The number of nitrogens with one attached hydrogen (secondary N) is 1. The van der Waals surface area contributed by atoms with E-state index in [1.165, 1.54) is 6.92 Å². The van der Waals surface area contributed by atoms with Crippen molar-refractivity contribution in [2.24, 2.45) is 5.92 Å². The van der Waals surface area contributed by atoms with Crippen LogP contribution in [0.5, 0.6) is 0 Å². The number of carbonyl (C=O) groups excluding carboxylic acids is 2. The normalized spacial score (nSPS) is 27.3. The molecule has 1 aliphatic rings. The first-order valence-electron chi connectivity index (χ1n) is 4.95. The Morgan fingerprint density at radius 1 is 1.47 bits per heavy atom. The molecule has 3 amide bonds. The minimum Gasteiger partial charge on any atom is -0.396 e. The van der Waals surface area contributed by atoms with Gasteiger partial charge in [-0.1, -0.05) is 6.92 Å². The third-order valence-electron chi connectivity index (χ3n) is 2.65. The van der Waals surface area contributed by atoms with Gasteiger partial charge in [0.1, 0.15) is 0 Å². The van der Waals surface area contributed by atoms with E-state index in [0.29, 0.717) is 11.8 Å². The van der Waals surface area contributed by atoms with Gasteiger partial charge in [0.15, 0.2) is 0 Å². The lowest BCUT2D eigenvalue weighted by atomic mass is 10.0. The molecule has 1 aliphatic heterocycles. The molecule has 0 aromatic carbocycles. The molecule has 0 aliphatic carbocycles. The monoisotopic (exact) mass is 254 g/mol. The SMILES string of the molecule is CC(CO)CN1C(=O)NC(C)(C(F)(F)F)C1=O. The van der Waals surface area contributed by atoms with E-state index in [1.807, 2.05) is 0 Å². The van der Waals surface area contributed by atoms with Crippen molar-refractivity contribution in [2.75, 3.05) is 13.2 Å². The van der Waals surface area contributed by atoms with Gasteiger partial charge in [0.2, 0.25) is 5.54 Å². The van der Waals surface area contributed by atoms with Crippen molar-refractivity contribution in [1.82, 2.24) is 10.2 Å². The second-order valence-corrected chi connectivity index (χ2v) is 4.26. The molecule has 1 heterocycles. The number of alkyl halides is 3. The third kappa shape index (κ3) is 2.21. The fourth-order valence-electron chi connectivity index (χ4n) is 1.42. The quantitative estimate of drug-likeness (QED) is 0.720. The third-order valence-corrected chi connectivity index (χ3v) is 2.65. The predicted molar refractivity (Wildman–Crippen MR) is 51.0 cm³/mol. The van der Waals surface area contributed by atoms with Gasteiger partial charge in [0.25, 0.3) is 5.91 Å². The molecule has 2 N–H and O–H groups in total. The minimum atomic E-state index is -4.85. The Kier molecular flexibility index (Phi) is 3.37. The molecule has 17 heavy (non-hydrogen) atoms. The van der Waals surface area contributed by atoms with Crippen LogP contribution < -0.4 is 5.32 Å². The van der Waals surface area contributed by atoms with Crippen LogP contribution in [0.4, 0.5) is 18.0 Å². The molecule has 5 nitrogen and oxygen atoms in total. The zero-order valence-electron chi connectivity index (χ0n) is 9.34. The van der Waals surface area contributed by atoms with Crippen LogP contribution in [-0.2, 0) is 4.79 Å². The number of amides is 3. The van der Waals surface area contributed by atoms with Gasteiger partial charge in [-0.05, 0) is 12.8 Å². The van der Waals surface area contributed by atoms with Crippen molar-refractivity contribution >= 4 is 11.9 Å². The highest BCUT2D eigenvalue weighted by atomic mass is 19.4. The Balaban J connectivity index is 2.93. The summed E-state index contributed by atoms with van der Waals surface area (Å²) in [5.74, 6) is -1.81. The first kappa shape index (κ1) is 13.8. The predicted octanol–water partition coefficient (Wildman–Crippen LogP) is 0.488. The zero-order chi connectivity index (χ0) is 13.4. The largest absolute Gasteiger partial charge is 0.420 e. The van der Waals surface area contributed by atoms with E-state index in [4.69, 9.17) is 5.11 Å². The molecule has 1 rings (SSSR count). The van der Waals surface area contributed by atoms with Gasteiger partial charge in [0.05, 0.1) is 0 Å². The van der Waals surface area contributed by atoms with Crippen molar-refractivity contribution in [1.29, 1.82) is 0 Å². The van der Waals surface area contributed by atoms with Gasteiger partial charge < -0.3 is 10.4 Å². The summed E-state index contributed by atoms with van der Waals surface area (Å²) in [6, 6.07) is -1.09. The Morgan fingerprint density at radius 2 is 2.00 bits per heavy atom. The molecule has 98 valence electrons.